The highest BCUT2D eigenvalue weighted by Gasteiger charge is 2.27. The van der Waals surface area contributed by atoms with Crippen LogP contribution in [0.15, 0.2) is 24.4 Å². The van der Waals surface area contributed by atoms with E-state index in [9.17, 15) is 14.9 Å². The minimum atomic E-state index is -0.729. The van der Waals surface area contributed by atoms with Gasteiger partial charge in [0.25, 0.3) is 0 Å². The average molecular weight is 385 g/mol. The van der Waals surface area contributed by atoms with E-state index in [2.05, 4.69) is 10.4 Å². The first-order chi connectivity index (χ1) is 12.0. The molecule has 140 valence electrons. The molecule has 0 unspecified atom stereocenters. The van der Waals surface area contributed by atoms with Gasteiger partial charge in [0.05, 0.1) is 26.3 Å². The number of nitrogens with zero attached hydrogens (tertiary/aromatic N) is 2. The third-order valence-electron chi connectivity index (χ3n) is 3.42. The number of hydrazine groups is 1. The molecule has 0 saturated heterocycles. The van der Waals surface area contributed by atoms with E-state index in [1.165, 1.54) is 45.7 Å². The summed E-state index contributed by atoms with van der Waals surface area (Å²) in [7, 11) is 4.22. The van der Waals surface area contributed by atoms with E-state index in [1.54, 1.807) is 0 Å². The van der Waals surface area contributed by atoms with Gasteiger partial charge in [-0.2, -0.15) is 0 Å². The average Bonchev–Trinajstić information content (AvgIpc) is 2.65. The topological polar surface area (TPSA) is 139 Å². The number of hydrogen-bond acceptors (Lipinski definition) is 9. The molecule has 0 fully saturated rings. The number of hydrogen-bond donors (Lipinski definition) is 2. The number of nitro groups is 1. The van der Waals surface area contributed by atoms with Crippen LogP contribution in [0, 0.1) is 10.1 Å². The number of nitrogens with one attached hydrogen (secondary N) is 1. The molecule has 0 atom stereocenters. The maximum Gasteiger partial charge on any atom is 0.323 e. The van der Waals surface area contributed by atoms with Gasteiger partial charge in [-0.15, -0.1) is 12.4 Å². The lowest BCUT2D eigenvalue weighted by molar-refractivity contribution is -0.384. The molecular formula is C15H17ClN4O6. The fraction of sp³-hybridized carbons (Fsp3) is 0.200. The van der Waals surface area contributed by atoms with Crippen molar-refractivity contribution >= 4 is 29.7 Å². The van der Waals surface area contributed by atoms with Crippen molar-refractivity contribution < 1.29 is 23.9 Å². The van der Waals surface area contributed by atoms with Gasteiger partial charge in [-0.3, -0.25) is 14.9 Å². The van der Waals surface area contributed by atoms with Gasteiger partial charge in [0.2, 0.25) is 11.6 Å². The molecule has 1 aromatic carbocycles. The molecular weight excluding hydrogens is 368 g/mol. The predicted molar refractivity (Wildman–Crippen MR) is 95.5 cm³/mol. The summed E-state index contributed by atoms with van der Waals surface area (Å²) in [5.41, 5.74) is 1.53. The van der Waals surface area contributed by atoms with Crippen LogP contribution in [0.2, 0.25) is 0 Å². The zero-order valence-electron chi connectivity index (χ0n) is 14.1. The molecule has 26 heavy (non-hydrogen) atoms. The Hall–Kier alpha value is -3.11. The summed E-state index contributed by atoms with van der Waals surface area (Å²) >= 11 is 0. The van der Waals surface area contributed by atoms with Crippen molar-refractivity contribution in [1.29, 1.82) is 0 Å². The number of pyridine rings is 1. The van der Waals surface area contributed by atoms with Gasteiger partial charge in [0, 0.05) is 11.8 Å². The molecule has 0 radical (unpaired) electrons. The number of ketones is 1. The monoisotopic (exact) mass is 384 g/mol. The van der Waals surface area contributed by atoms with Crippen LogP contribution in [0.5, 0.6) is 17.2 Å². The molecule has 2 aromatic rings. The zero-order valence-corrected chi connectivity index (χ0v) is 15.0. The highest BCUT2D eigenvalue weighted by atomic mass is 35.5. The Kier molecular flexibility index (Phi) is 7.11. The van der Waals surface area contributed by atoms with Crippen molar-refractivity contribution in [2.75, 3.05) is 26.8 Å². The molecule has 3 N–H and O–H groups in total. The lowest BCUT2D eigenvalue weighted by Crippen LogP contribution is -2.14. The molecule has 0 aliphatic carbocycles. The van der Waals surface area contributed by atoms with Gasteiger partial charge >= 0.3 is 5.69 Å². The van der Waals surface area contributed by atoms with E-state index < -0.39 is 16.4 Å². The van der Waals surface area contributed by atoms with Crippen LogP contribution in [-0.4, -0.2) is 37.0 Å². The van der Waals surface area contributed by atoms with Gasteiger partial charge in [-0.25, -0.2) is 10.8 Å². The maximum absolute atomic E-state index is 12.8. The summed E-state index contributed by atoms with van der Waals surface area (Å²) in [6.07, 6.45) is 1.24. The quantitative estimate of drug-likeness (QED) is 0.317. The van der Waals surface area contributed by atoms with Crippen LogP contribution < -0.4 is 25.5 Å². The number of anilines is 1. The molecule has 11 heteroatoms. The lowest BCUT2D eigenvalue weighted by Gasteiger charge is -2.14. The van der Waals surface area contributed by atoms with Crippen molar-refractivity contribution in [1.82, 2.24) is 4.98 Å². The lowest BCUT2D eigenvalue weighted by atomic mass is 10.0. The Morgan fingerprint density at radius 1 is 1.19 bits per heavy atom. The molecule has 0 amide bonds. The maximum atomic E-state index is 12.8. The van der Waals surface area contributed by atoms with Gasteiger partial charge in [0.15, 0.2) is 17.3 Å². The molecule has 0 bridgehead atoms. The normalized spacial score (nSPS) is 9.69. The molecule has 0 aliphatic heterocycles. The Labute approximate surface area is 154 Å². The molecule has 0 aliphatic rings. The van der Waals surface area contributed by atoms with Crippen molar-refractivity contribution in [3.8, 4) is 17.2 Å². The number of nitrogens with two attached hydrogens (primary N) is 1. The number of rotatable bonds is 7. The molecule has 0 saturated carbocycles. The second-order valence-corrected chi connectivity index (χ2v) is 4.70. The number of methoxy groups -OCH3 is 3. The Morgan fingerprint density at radius 2 is 1.77 bits per heavy atom. The van der Waals surface area contributed by atoms with Crippen molar-refractivity contribution in [2.24, 2.45) is 5.84 Å². The number of benzene rings is 1. The van der Waals surface area contributed by atoms with Crippen LogP contribution in [0.25, 0.3) is 0 Å². The highest BCUT2D eigenvalue weighted by molar-refractivity contribution is 6.13. The van der Waals surface area contributed by atoms with Gasteiger partial charge in [0.1, 0.15) is 5.56 Å². The van der Waals surface area contributed by atoms with Crippen LogP contribution >= 0.6 is 12.4 Å². The number of nitrogen functional groups attached to an aromatic ring is 1. The van der Waals surface area contributed by atoms with Gasteiger partial charge < -0.3 is 19.6 Å². The first-order valence-electron chi connectivity index (χ1n) is 6.93. The number of halogens is 1. The Balaban J connectivity index is 0.00000338. The fourth-order valence-electron chi connectivity index (χ4n) is 2.30. The van der Waals surface area contributed by atoms with Crippen LogP contribution in [0.4, 0.5) is 11.5 Å². The number of aromatic nitrogens is 1. The predicted octanol–water partition coefficient (Wildman–Crippen LogP) is 1.95. The summed E-state index contributed by atoms with van der Waals surface area (Å²) in [4.78, 5) is 27.2. The third-order valence-corrected chi connectivity index (χ3v) is 3.42. The SMILES string of the molecule is COc1cc(C(=O)c2ccnc(NN)c2[N+](=O)[O-])cc(OC)c1OC.Cl. The zero-order chi connectivity index (χ0) is 18.6. The van der Waals surface area contributed by atoms with Crippen molar-refractivity contribution in [3.05, 3.63) is 45.6 Å². The van der Waals surface area contributed by atoms with E-state index in [0.29, 0.717) is 5.75 Å². The van der Waals surface area contributed by atoms with E-state index >= 15 is 0 Å². The standard InChI is InChI=1S/C15H16N4O6.ClH/c1-23-10-6-8(7-11(24-2)14(10)25-3)13(20)9-4-5-17-15(18-16)12(9)19(21)22;/h4-7H,16H2,1-3H3,(H,17,18);1H. The van der Waals surface area contributed by atoms with E-state index in [0.717, 1.165) is 0 Å². The summed E-state index contributed by atoms with van der Waals surface area (Å²) in [6.45, 7) is 0. The Bertz CT molecular complexity index is 805. The molecule has 10 nitrogen and oxygen atoms in total. The summed E-state index contributed by atoms with van der Waals surface area (Å²) in [5.74, 6) is 5.20. The van der Waals surface area contributed by atoms with Gasteiger partial charge in [-0.05, 0) is 18.2 Å². The van der Waals surface area contributed by atoms with Crippen LogP contribution in [0.3, 0.4) is 0 Å². The number of carbonyl (C=O) groups excluding carboxylic acids is 1. The fourth-order valence-corrected chi connectivity index (χ4v) is 2.30. The van der Waals surface area contributed by atoms with E-state index in [-0.39, 0.29) is 40.9 Å². The molecule has 1 aromatic heterocycles. The van der Waals surface area contributed by atoms with Gasteiger partial charge in [-0.1, -0.05) is 0 Å². The first-order valence-corrected chi connectivity index (χ1v) is 6.93. The molecule has 1 heterocycles. The van der Waals surface area contributed by atoms with Crippen molar-refractivity contribution in [2.45, 2.75) is 0 Å². The van der Waals surface area contributed by atoms with Crippen LogP contribution in [-0.2, 0) is 0 Å². The summed E-state index contributed by atoms with van der Waals surface area (Å²) < 4.78 is 15.6. The number of ether oxygens (including phenoxy) is 3. The van der Waals surface area contributed by atoms with Crippen LogP contribution in [0.1, 0.15) is 15.9 Å². The molecule has 0 spiro atoms. The highest BCUT2D eigenvalue weighted by Crippen LogP contribution is 2.39. The van der Waals surface area contributed by atoms with E-state index in [1.807, 2.05) is 0 Å². The minimum Gasteiger partial charge on any atom is -0.493 e. The summed E-state index contributed by atoms with van der Waals surface area (Å²) in [5, 5.41) is 11.3. The smallest absolute Gasteiger partial charge is 0.323 e. The summed E-state index contributed by atoms with van der Waals surface area (Å²) in [6, 6.07) is 4.05. The second kappa shape index (κ2) is 8.83. The van der Waals surface area contributed by atoms with E-state index in [4.69, 9.17) is 20.1 Å². The largest absolute Gasteiger partial charge is 0.493 e. The number of carbonyl (C=O) groups is 1. The second-order valence-electron chi connectivity index (χ2n) is 4.70. The Morgan fingerprint density at radius 3 is 2.19 bits per heavy atom. The van der Waals surface area contributed by atoms with Crippen molar-refractivity contribution in [3.63, 3.8) is 0 Å². The molecule has 2 rings (SSSR count). The third kappa shape index (κ3) is 3.76. The minimum absolute atomic E-state index is 0. The first kappa shape index (κ1) is 20.9.